The van der Waals surface area contributed by atoms with Gasteiger partial charge in [-0.25, -0.2) is 0 Å². The highest BCUT2D eigenvalue weighted by molar-refractivity contribution is 5.95. The number of carbonyl (C=O) groups excluding carboxylic acids is 1. The smallest absolute Gasteiger partial charge is 0.327 e. The maximum atomic E-state index is 12.8. The van der Waals surface area contributed by atoms with Crippen molar-refractivity contribution in [2.24, 2.45) is 17.3 Å². The standard InChI is InChI=1S/C17H21F3N2O2/c1-16(7-10-3-2-4-11(5-10)8-16)15(24)22-13-6-12(17(18,19)20)9-21-14(13)23/h6,9-11H,2-5,7-8H2,1H3,(H,21,23)(H,22,24). The lowest BCUT2D eigenvalue weighted by molar-refractivity contribution is -0.138. The van der Waals surface area contributed by atoms with Gasteiger partial charge >= 0.3 is 6.18 Å². The molecule has 1 aromatic heterocycles. The fraction of sp³-hybridized carbons (Fsp3) is 0.647. The van der Waals surface area contributed by atoms with E-state index >= 15 is 0 Å². The molecule has 2 fully saturated rings. The van der Waals surface area contributed by atoms with E-state index in [4.69, 9.17) is 0 Å². The molecule has 3 rings (SSSR count). The molecule has 2 unspecified atom stereocenters. The topological polar surface area (TPSA) is 62.0 Å². The quantitative estimate of drug-likeness (QED) is 0.855. The molecule has 0 saturated heterocycles. The van der Waals surface area contributed by atoms with Crippen molar-refractivity contribution in [3.05, 3.63) is 28.2 Å². The number of rotatable bonds is 2. The zero-order valence-corrected chi connectivity index (χ0v) is 13.5. The number of pyridine rings is 1. The van der Waals surface area contributed by atoms with E-state index in [0.29, 0.717) is 24.1 Å². The molecule has 24 heavy (non-hydrogen) atoms. The van der Waals surface area contributed by atoms with Crippen molar-refractivity contribution in [2.45, 2.75) is 51.6 Å². The largest absolute Gasteiger partial charge is 0.417 e. The van der Waals surface area contributed by atoms with Crippen LogP contribution in [0.3, 0.4) is 0 Å². The SMILES string of the molecule is CC1(C(=O)Nc2cc(C(F)(F)F)c[nH]c2=O)CC2CCCC(C2)C1. The molecule has 2 N–H and O–H groups in total. The first-order valence-corrected chi connectivity index (χ1v) is 8.29. The maximum absolute atomic E-state index is 12.8. The second kappa shape index (κ2) is 5.93. The van der Waals surface area contributed by atoms with Crippen molar-refractivity contribution in [1.29, 1.82) is 0 Å². The highest BCUT2D eigenvalue weighted by atomic mass is 19.4. The summed E-state index contributed by atoms with van der Waals surface area (Å²) >= 11 is 0. The van der Waals surface area contributed by atoms with Gasteiger partial charge < -0.3 is 10.3 Å². The van der Waals surface area contributed by atoms with Gasteiger partial charge in [0.05, 0.1) is 5.56 Å². The van der Waals surface area contributed by atoms with E-state index in [1.165, 1.54) is 6.42 Å². The summed E-state index contributed by atoms with van der Waals surface area (Å²) in [5.74, 6) is 0.630. The van der Waals surface area contributed by atoms with Crippen molar-refractivity contribution in [3.63, 3.8) is 0 Å². The minimum Gasteiger partial charge on any atom is -0.327 e. The molecule has 7 heteroatoms. The molecule has 0 aromatic carbocycles. The molecule has 2 aliphatic rings. The third kappa shape index (κ3) is 3.35. The summed E-state index contributed by atoms with van der Waals surface area (Å²) in [6.45, 7) is 1.86. The summed E-state index contributed by atoms with van der Waals surface area (Å²) in [7, 11) is 0. The number of carbonyl (C=O) groups is 1. The predicted molar refractivity (Wildman–Crippen MR) is 83.5 cm³/mol. The van der Waals surface area contributed by atoms with E-state index in [2.05, 4.69) is 5.32 Å². The van der Waals surface area contributed by atoms with E-state index in [-0.39, 0.29) is 11.6 Å². The second-order valence-corrected chi connectivity index (χ2v) is 7.45. The highest BCUT2D eigenvalue weighted by Gasteiger charge is 2.44. The van der Waals surface area contributed by atoms with Crippen LogP contribution in [0.5, 0.6) is 0 Å². The van der Waals surface area contributed by atoms with Crippen molar-refractivity contribution in [1.82, 2.24) is 4.98 Å². The fourth-order valence-electron chi connectivity index (χ4n) is 4.33. The minimum absolute atomic E-state index is 0.341. The highest BCUT2D eigenvalue weighted by Crippen LogP contribution is 2.49. The molecule has 2 aliphatic carbocycles. The summed E-state index contributed by atoms with van der Waals surface area (Å²) in [6.07, 6.45) is 2.01. The molecule has 1 heterocycles. The number of aromatic nitrogens is 1. The number of aromatic amines is 1. The van der Waals surface area contributed by atoms with Gasteiger partial charge in [0, 0.05) is 11.6 Å². The van der Waals surface area contributed by atoms with E-state index in [1.807, 2.05) is 11.9 Å². The molecule has 0 aliphatic heterocycles. The minimum atomic E-state index is -4.57. The van der Waals surface area contributed by atoms with Gasteiger partial charge in [0.15, 0.2) is 0 Å². The van der Waals surface area contributed by atoms with Crippen molar-refractivity contribution >= 4 is 11.6 Å². The molecule has 1 amide bonds. The molecular weight excluding hydrogens is 321 g/mol. The molecule has 1 aromatic rings. The first kappa shape index (κ1) is 17.0. The van der Waals surface area contributed by atoms with Crippen LogP contribution in [-0.2, 0) is 11.0 Å². The predicted octanol–water partition coefficient (Wildman–Crippen LogP) is 3.94. The lowest BCUT2D eigenvalue weighted by Crippen LogP contribution is -2.43. The van der Waals surface area contributed by atoms with Crippen LogP contribution in [0.4, 0.5) is 18.9 Å². The molecule has 4 nitrogen and oxygen atoms in total. The molecule has 2 atom stereocenters. The second-order valence-electron chi connectivity index (χ2n) is 7.45. The number of halogens is 3. The number of alkyl halides is 3. The Hall–Kier alpha value is -1.79. The Morgan fingerprint density at radius 3 is 2.50 bits per heavy atom. The Morgan fingerprint density at radius 2 is 1.92 bits per heavy atom. The summed E-state index contributed by atoms with van der Waals surface area (Å²) < 4.78 is 38.4. The average molecular weight is 342 g/mol. The normalized spacial score (nSPS) is 30.0. The number of fused-ring (bicyclic) bond motifs is 2. The van der Waals surface area contributed by atoms with Crippen LogP contribution in [0.1, 0.15) is 51.0 Å². The Labute approximate surface area is 137 Å². The number of nitrogens with one attached hydrogen (secondary N) is 2. The van der Waals surface area contributed by atoms with E-state index < -0.39 is 22.7 Å². The monoisotopic (exact) mass is 342 g/mol. The molecular formula is C17H21F3N2O2. The fourth-order valence-corrected chi connectivity index (χ4v) is 4.33. The zero-order valence-electron chi connectivity index (χ0n) is 13.5. The van der Waals surface area contributed by atoms with Crippen LogP contribution in [0, 0.1) is 17.3 Å². The number of hydrogen-bond acceptors (Lipinski definition) is 2. The third-order valence-electron chi connectivity index (χ3n) is 5.40. The van der Waals surface area contributed by atoms with Gasteiger partial charge in [-0.2, -0.15) is 13.2 Å². The lowest BCUT2D eigenvalue weighted by Gasteiger charge is -2.44. The van der Waals surface area contributed by atoms with Crippen LogP contribution in [0.15, 0.2) is 17.1 Å². The van der Waals surface area contributed by atoms with Gasteiger partial charge in [-0.1, -0.05) is 26.2 Å². The number of anilines is 1. The Kier molecular flexibility index (Phi) is 4.21. The van der Waals surface area contributed by atoms with Crippen LogP contribution < -0.4 is 10.9 Å². The molecule has 0 radical (unpaired) electrons. The summed E-state index contributed by atoms with van der Waals surface area (Å²) in [6, 6.07) is 0.698. The number of hydrogen-bond donors (Lipinski definition) is 2. The Bertz CT molecular complexity index is 684. The van der Waals surface area contributed by atoms with Crippen molar-refractivity contribution in [3.8, 4) is 0 Å². The van der Waals surface area contributed by atoms with Gasteiger partial charge in [-0.05, 0) is 37.2 Å². The Morgan fingerprint density at radius 1 is 1.29 bits per heavy atom. The van der Waals surface area contributed by atoms with Crippen LogP contribution in [-0.4, -0.2) is 10.9 Å². The molecule has 2 bridgehead atoms. The van der Waals surface area contributed by atoms with E-state index in [9.17, 15) is 22.8 Å². The first-order chi connectivity index (χ1) is 11.2. The zero-order chi connectivity index (χ0) is 17.5. The molecule has 132 valence electrons. The summed E-state index contributed by atoms with van der Waals surface area (Å²) in [5.41, 5.74) is -2.68. The van der Waals surface area contributed by atoms with Crippen LogP contribution >= 0.6 is 0 Å². The van der Waals surface area contributed by atoms with Gasteiger partial charge in [0.25, 0.3) is 5.56 Å². The van der Waals surface area contributed by atoms with Crippen molar-refractivity contribution < 1.29 is 18.0 Å². The third-order valence-corrected chi connectivity index (χ3v) is 5.40. The van der Waals surface area contributed by atoms with Gasteiger partial charge in [0.2, 0.25) is 5.91 Å². The van der Waals surface area contributed by atoms with Crippen LogP contribution in [0.2, 0.25) is 0 Å². The van der Waals surface area contributed by atoms with E-state index in [0.717, 1.165) is 32.1 Å². The summed E-state index contributed by atoms with van der Waals surface area (Å²) in [4.78, 5) is 26.5. The average Bonchev–Trinajstić information content (AvgIpc) is 2.47. The van der Waals surface area contributed by atoms with E-state index in [1.54, 1.807) is 0 Å². The molecule has 0 spiro atoms. The van der Waals surface area contributed by atoms with Gasteiger partial charge in [-0.15, -0.1) is 0 Å². The van der Waals surface area contributed by atoms with Crippen molar-refractivity contribution in [2.75, 3.05) is 5.32 Å². The first-order valence-electron chi connectivity index (χ1n) is 8.29. The van der Waals surface area contributed by atoms with Gasteiger partial charge in [0.1, 0.15) is 5.69 Å². The van der Waals surface area contributed by atoms with Gasteiger partial charge in [-0.3, -0.25) is 9.59 Å². The number of amides is 1. The number of H-pyrrole nitrogens is 1. The van der Waals surface area contributed by atoms with Crippen LogP contribution in [0.25, 0.3) is 0 Å². The lowest BCUT2D eigenvalue weighted by atomic mass is 9.61. The summed E-state index contributed by atoms with van der Waals surface area (Å²) in [5, 5.41) is 2.44. The maximum Gasteiger partial charge on any atom is 0.417 e. The Balaban J connectivity index is 1.81. The molecule has 2 saturated carbocycles.